The molecule has 1 aromatic heterocycles. The number of hydrogen-bond acceptors (Lipinski definition) is 3. The number of carboxylic acids is 1. The SMILES string of the molecule is CCCC1(C(=O)O)CCN(C(=O)c2ccc(C)s2)C1. The minimum absolute atomic E-state index is 0.0303. The van der Waals surface area contributed by atoms with Gasteiger partial charge in [-0.3, -0.25) is 9.59 Å². The predicted octanol–water partition coefficient (Wildman–Crippen LogP) is 2.77. The number of nitrogens with zero attached hydrogens (tertiary/aromatic N) is 1. The number of hydrogen-bond donors (Lipinski definition) is 1. The van der Waals surface area contributed by atoms with Crippen molar-refractivity contribution in [3.63, 3.8) is 0 Å². The molecule has 1 amide bonds. The number of rotatable bonds is 4. The quantitative estimate of drug-likeness (QED) is 0.923. The lowest BCUT2D eigenvalue weighted by atomic mass is 9.83. The maximum Gasteiger partial charge on any atom is 0.311 e. The van der Waals surface area contributed by atoms with Crippen LogP contribution in [0.5, 0.6) is 0 Å². The molecule has 1 unspecified atom stereocenters. The molecule has 1 saturated heterocycles. The summed E-state index contributed by atoms with van der Waals surface area (Å²) < 4.78 is 0. The van der Waals surface area contributed by atoms with E-state index in [1.54, 1.807) is 4.90 Å². The lowest BCUT2D eigenvalue weighted by Gasteiger charge is -2.24. The fourth-order valence-electron chi connectivity index (χ4n) is 2.72. The summed E-state index contributed by atoms with van der Waals surface area (Å²) in [7, 11) is 0. The highest BCUT2D eigenvalue weighted by atomic mass is 32.1. The summed E-state index contributed by atoms with van der Waals surface area (Å²) in [6, 6.07) is 3.74. The maximum atomic E-state index is 12.3. The van der Waals surface area contributed by atoms with Gasteiger partial charge in [0, 0.05) is 18.0 Å². The van der Waals surface area contributed by atoms with Crippen LogP contribution in [0.1, 0.15) is 40.7 Å². The molecule has 2 rings (SSSR count). The molecular weight excluding hydrogens is 262 g/mol. The summed E-state index contributed by atoms with van der Waals surface area (Å²) in [5.41, 5.74) is -0.739. The van der Waals surface area contributed by atoms with E-state index < -0.39 is 11.4 Å². The third kappa shape index (κ3) is 2.66. The Hall–Kier alpha value is -1.36. The van der Waals surface area contributed by atoms with Gasteiger partial charge in [0.15, 0.2) is 0 Å². The monoisotopic (exact) mass is 281 g/mol. The highest BCUT2D eigenvalue weighted by Gasteiger charge is 2.45. The zero-order chi connectivity index (χ0) is 14.0. The zero-order valence-corrected chi connectivity index (χ0v) is 12.1. The van der Waals surface area contributed by atoms with Crippen LogP contribution in [0.15, 0.2) is 12.1 Å². The Labute approximate surface area is 117 Å². The van der Waals surface area contributed by atoms with Crippen LogP contribution in [-0.2, 0) is 4.79 Å². The smallest absolute Gasteiger partial charge is 0.311 e. The fraction of sp³-hybridized carbons (Fsp3) is 0.571. The average Bonchev–Trinajstić information content (AvgIpc) is 2.96. The Morgan fingerprint density at radius 3 is 2.74 bits per heavy atom. The second-order valence-electron chi connectivity index (χ2n) is 5.22. The first-order chi connectivity index (χ1) is 8.98. The number of carbonyl (C=O) groups excluding carboxylic acids is 1. The van der Waals surface area contributed by atoms with Crippen molar-refractivity contribution in [3.8, 4) is 0 Å². The molecule has 104 valence electrons. The van der Waals surface area contributed by atoms with Crippen LogP contribution < -0.4 is 0 Å². The number of likely N-dealkylation sites (tertiary alicyclic amines) is 1. The van der Waals surface area contributed by atoms with Crippen molar-refractivity contribution in [2.75, 3.05) is 13.1 Å². The van der Waals surface area contributed by atoms with Gasteiger partial charge in [0.1, 0.15) is 0 Å². The first-order valence-corrected chi connectivity index (χ1v) is 7.39. The number of thiophene rings is 1. The van der Waals surface area contributed by atoms with E-state index >= 15 is 0 Å². The lowest BCUT2D eigenvalue weighted by molar-refractivity contribution is -0.148. The van der Waals surface area contributed by atoms with E-state index in [0.717, 1.165) is 11.3 Å². The number of carboxylic acid groups (broad SMARTS) is 1. The second kappa shape index (κ2) is 5.33. The summed E-state index contributed by atoms with van der Waals surface area (Å²) in [6.45, 7) is 4.83. The number of carbonyl (C=O) groups is 2. The molecule has 1 aromatic rings. The molecule has 1 fully saturated rings. The third-order valence-corrected chi connectivity index (χ3v) is 4.76. The van der Waals surface area contributed by atoms with Gasteiger partial charge in [-0.25, -0.2) is 0 Å². The first-order valence-electron chi connectivity index (χ1n) is 6.57. The molecule has 0 saturated carbocycles. The van der Waals surface area contributed by atoms with E-state index in [1.807, 2.05) is 26.0 Å². The molecule has 2 heterocycles. The molecular formula is C14H19NO3S. The summed E-state index contributed by atoms with van der Waals surface area (Å²) >= 11 is 1.47. The van der Waals surface area contributed by atoms with Gasteiger partial charge in [0.2, 0.25) is 0 Å². The Balaban J connectivity index is 2.13. The number of aryl methyl sites for hydroxylation is 1. The van der Waals surface area contributed by atoms with E-state index in [0.29, 0.717) is 30.8 Å². The predicted molar refractivity (Wildman–Crippen MR) is 74.6 cm³/mol. The zero-order valence-electron chi connectivity index (χ0n) is 11.3. The van der Waals surface area contributed by atoms with Crippen molar-refractivity contribution in [3.05, 3.63) is 21.9 Å². The molecule has 0 aromatic carbocycles. The Kier molecular flexibility index (Phi) is 3.94. The van der Waals surface area contributed by atoms with Gasteiger partial charge in [-0.15, -0.1) is 11.3 Å². The molecule has 4 nitrogen and oxygen atoms in total. The Morgan fingerprint density at radius 2 is 2.21 bits per heavy atom. The van der Waals surface area contributed by atoms with Crippen molar-refractivity contribution in [2.45, 2.75) is 33.1 Å². The van der Waals surface area contributed by atoms with Gasteiger partial charge in [-0.05, 0) is 31.9 Å². The molecule has 0 aliphatic carbocycles. The molecule has 1 N–H and O–H groups in total. The molecule has 1 aliphatic heterocycles. The van der Waals surface area contributed by atoms with Crippen LogP contribution in [-0.4, -0.2) is 35.0 Å². The summed E-state index contributed by atoms with van der Waals surface area (Å²) in [5, 5.41) is 9.43. The molecule has 5 heteroatoms. The molecule has 0 spiro atoms. The third-order valence-electron chi connectivity index (χ3n) is 3.77. The van der Waals surface area contributed by atoms with Crippen LogP contribution in [0.3, 0.4) is 0 Å². The average molecular weight is 281 g/mol. The second-order valence-corrected chi connectivity index (χ2v) is 6.51. The highest BCUT2D eigenvalue weighted by molar-refractivity contribution is 7.13. The van der Waals surface area contributed by atoms with Crippen molar-refractivity contribution >= 4 is 23.2 Å². The molecule has 19 heavy (non-hydrogen) atoms. The summed E-state index contributed by atoms with van der Waals surface area (Å²) in [5.74, 6) is -0.802. The van der Waals surface area contributed by atoms with Crippen molar-refractivity contribution in [2.24, 2.45) is 5.41 Å². The van der Waals surface area contributed by atoms with Gasteiger partial charge in [0.05, 0.1) is 10.3 Å². The van der Waals surface area contributed by atoms with Gasteiger partial charge >= 0.3 is 5.97 Å². The first kappa shape index (κ1) is 14.1. The van der Waals surface area contributed by atoms with E-state index in [1.165, 1.54) is 11.3 Å². The minimum Gasteiger partial charge on any atom is -0.481 e. The standard InChI is InChI=1S/C14H19NO3S/c1-3-6-14(13(17)18)7-8-15(9-14)12(16)11-5-4-10(2)19-11/h4-5H,3,6-9H2,1-2H3,(H,17,18). The minimum atomic E-state index is -0.771. The van der Waals surface area contributed by atoms with Gasteiger partial charge in [-0.2, -0.15) is 0 Å². The van der Waals surface area contributed by atoms with E-state index in [2.05, 4.69) is 0 Å². The van der Waals surface area contributed by atoms with Gasteiger partial charge in [0.25, 0.3) is 5.91 Å². The number of amides is 1. The summed E-state index contributed by atoms with van der Waals surface area (Å²) in [4.78, 5) is 27.3. The van der Waals surface area contributed by atoms with Gasteiger partial charge in [-0.1, -0.05) is 13.3 Å². The largest absolute Gasteiger partial charge is 0.481 e. The highest BCUT2D eigenvalue weighted by Crippen LogP contribution is 2.36. The van der Waals surface area contributed by atoms with Crippen LogP contribution in [0, 0.1) is 12.3 Å². The lowest BCUT2D eigenvalue weighted by Crippen LogP contribution is -2.36. The van der Waals surface area contributed by atoms with E-state index in [9.17, 15) is 14.7 Å². The van der Waals surface area contributed by atoms with Crippen LogP contribution in [0.4, 0.5) is 0 Å². The van der Waals surface area contributed by atoms with Crippen molar-refractivity contribution < 1.29 is 14.7 Å². The molecule has 1 atom stereocenters. The Morgan fingerprint density at radius 1 is 1.47 bits per heavy atom. The summed E-state index contributed by atoms with van der Waals surface area (Å²) in [6.07, 6.45) is 2.02. The van der Waals surface area contributed by atoms with E-state index in [4.69, 9.17) is 0 Å². The van der Waals surface area contributed by atoms with Crippen molar-refractivity contribution in [1.82, 2.24) is 4.90 Å². The molecule has 0 bridgehead atoms. The van der Waals surface area contributed by atoms with E-state index in [-0.39, 0.29) is 5.91 Å². The maximum absolute atomic E-state index is 12.3. The van der Waals surface area contributed by atoms with Crippen LogP contribution >= 0.6 is 11.3 Å². The van der Waals surface area contributed by atoms with Crippen molar-refractivity contribution in [1.29, 1.82) is 0 Å². The number of aliphatic carboxylic acids is 1. The van der Waals surface area contributed by atoms with Gasteiger partial charge < -0.3 is 10.0 Å². The fourth-order valence-corrected chi connectivity index (χ4v) is 3.55. The Bertz CT molecular complexity index is 497. The van der Waals surface area contributed by atoms with Crippen LogP contribution in [0.25, 0.3) is 0 Å². The van der Waals surface area contributed by atoms with Crippen LogP contribution in [0.2, 0.25) is 0 Å². The molecule has 0 radical (unpaired) electrons. The normalized spacial score (nSPS) is 22.7. The topological polar surface area (TPSA) is 57.6 Å². The molecule has 1 aliphatic rings.